The number of ether oxygens (including phenoxy) is 1. The Labute approximate surface area is 123 Å². The minimum absolute atomic E-state index is 0.111. The number of benzene rings is 1. The number of carbonyl (C=O) groups excluding carboxylic acids is 2. The minimum Gasteiger partial charge on any atom is -0.507 e. The van der Waals surface area contributed by atoms with Crippen LogP contribution in [0.5, 0.6) is 0 Å². The fourth-order valence-electron chi connectivity index (χ4n) is 2.38. The lowest BCUT2D eigenvalue weighted by Crippen LogP contribution is -2.23. The number of fused-ring (bicyclic) bond motifs is 1. The van der Waals surface area contributed by atoms with E-state index in [0.29, 0.717) is 18.4 Å². The van der Waals surface area contributed by atoms with Crippen molar-refractivity contribution < 1.29 is 19.4 Å². The minimum atomic E-state index is -0.910. The molecule has 21 heavy (non-hydrogen) atoms. The number of aryl methyl sites for hydroxylation is 1. The van der Waals surface area contributed by atoms with Gasteiger partial charge >= 0.3 is 5.97 Å². The van der Waals surface area contributed by atoms with E-state index in [9.17, 15) is 14.7 Å². The van der Waals surface area contributed by atoms with Gasteiger partial charge in [-0.3, -0.25) is 4.79 Å². The van der Waals surface area contributed by atoms with Crippen LogP contribution in [-0.2, 0) is 20.7 Å². The number of esters is 1. The molecule has 0 atom stereocenters. The number of ketones is 1. The molecule has 5 heteroatoms. The van der Waals surface area contributed by atoms with Crippen molar-refractivity contribution in [3.8, 4) is 0 Å². The van der Waals surface area contributed by atoms with Crippen molar-refractivity contribution in [2.24, 2.45) is 0 Å². The van der Waals surface area contributed by atoms with Gasteiger partial charge in [-0.25, -0.2) is 4.79 Å². The first-order valence-electron chi connectivity index (χ1n) is 6.89. The average Bonchev–Trinajstić information content (AvgIpc) is 2.46. The molecule has 0 aliphatic heterocycles. The van der Waals surface area contributed by atoms with Gasteiger partial charge in [-0.05, 0) is 43.5 Å². The zero-order chi connectivity index (χ0) is 15.6. The Morgan fingerprint density at radius 3 is 2.62 bits per heavy atom. The van der Waals surface area contributed by atoms with E-state index >= 15 is 0 Å². The molecule has 1 aliphatic carbocycles. The van der Waals surface area contributed by atoms with Crippen molar-refractivity contribution in [1.82, 2.24) is 0 Å². The van der Waals surface area contributed by atoms with Gasteiger partial charge in [0.1, 0.15) is 5.76 Å². The average molecular weight is 289 g/mol. The molecule has 1 aromatic rings. The summed E-state index contributed by atoms with van der Waals surface area (Å²) in [6.07, 6.45) is 0.953. The molecule has 1 aromatic carbocycles. The van der Waals surface area contributed by atoms with E-state index in [1.165, 1.54) is 0 Å². The summed E-state index contributed by atoms with van der Waals surface area (Å²) in [4.78, 5) is 25.5. The summed E-state index contributed by atoms with van der Waals surface area (Å²) in [5, 5.41) is 10.3. The first-order chi connectivity index (χ1) is 9.95. The molecule has 2 rings (SSSR count). The molecule has 0 saturated carbocycles. The van der Waals surface area contributed by atoms with Crippen molar-refractivity contribution in [2.75, 3.05) is 25.6 Å². The van der Waals surface area contributed by atoms with Gasteiger partial charge in [0.2, 0.25) is 0 Å². The van der Waals surface area contributed by atoms with E-state index in [4.69, 9.17) is 4.74 Å². The van der Waals surface area contributed by atoms with Crippen LogP contribution in [0.15, 0.2) is 23.8 Å². The monoisotopic (exact) mass is 289 g/mol. The summed E-state index contributed by atoms with van der Waals surface area (Å²) in [7, 11) is 3.88. The van der Waals surface area contributed by atoms with Gasteiger partial charge in [0, 0.05) is 30.9 Å². The predicted octanol–water partition coefficient (Wildman–Crippen LogP) is 2.10. The highest BCUT2D eigenvalue weighted by molar-refractivity contribution is 6.41. The number of carbonyl (C=O) groups is 2. The molecule has 0 unspecified atom stereocenters. The summed E-state index contributed by atoms with van der Waals surface area (Å²) in [6.45, 7) is 1.78. The number of nitrogens with zero attached hydrogens (tertiary/aromatic N) is 1. The van der Waals surface area contributed by atoms with Crippen LogP contribution in [0, 0.1) is 0 Å². The van der Waals surface area contributed by atoms with Gasteiger partial charge in [-0.1, -0.05) is 0 Å². The lowest BCUT2D eigenvalue weighted by molar-refractivity contribution is -0.151. The van der Waals surface area contributed by atoms with Crippen LogP contribution >= 0.6 is 0 Å². The second-order valence-electron chi connectivity index (χ2n) is 5.11. The number of aliphatic hydroxyl groups excluding tert-OH is 1. The first kappa shape index (κ1) is 15.1. The van der Waals surface area contributed by atoms with Crippen LogP contribution in [0.25, 0.3) is 5.76 Å². The summed E-state index contributed by atoms with van der Waals surface area (Å²) in [5.74, 6) is -1.77. The van der Waals surface area contributed by atoms with Crippen molar-refractivity contribution in [2.45, 2.75) is 19.8 Å². The van der Waals surface area contributed by atoms with Crippen molar-refractivity contribution in [1.29, 1.82) is 0 Å². The zero-order valence-corrected chi connectivity index (χ0v) is 12.5. The number of aliphatic hydroxyl groups is 1. The molecule has 0 aromatic heterocycles. The quantitative estimate of drug-likeness (QED) is 0.679. The maximum Gasteiger partial charge on any atom is 0.379 e. The number of hydrogen-bond acceptors (Lipinski definition) is 5. The molecule has 0 fully saturated rings. The molecule has 112 valence electrons. The van der Waals surface area contributed by atoms with Crippen molar-refractivity contribution in [3.63, 3.8) is 0 Å². The largest absolute Gasteiger partial charge is 0.507 e. The SMILES string of the molecule is CCOC(=O)C(=O)C1=C(O)c2ccc(N(C)C)cc2CC1. The fraction of sp³-hybridized carbons (Fsp3) is 0.375. The summed E-state index contributed by atoms with van der Waals surface area (Å²) in [6, 6.07) is 5.63. The van der Waals surface area contributed by atoms with Gasteiger partial charge in [-0.2, -0.15) is 0 Å². The Kier molecular flexibility index (Phi) is 4.31. The molecule has 0 radical (unpaired) electrons. The Bertz CT molecular complexity index is 617. The van der Waals surface area contributed by atoms with Crippen LogP contribution in [0.2, 0.25) is 0 Å². The maximum absolute atomic E-state index is 12.0. The predicted molar refractivity (Wildman–Crippen MR) is 80.3 cm³/mol. The van der Waals surface area contributed by atoms with Gasteiger partial charge in [0.25, 0.3) is 5.78 Å². The third-order valence-electron chi connectivity index (χ3n) is 3.53. The van der Waals surface area contributed by atoms with E-state index in [2.05, 4.69) is 0 Å². The smallest absolute Gasteiger partial charge is 0.379 e. The van der Waals surface area contributed by atoms with Gasteiger partial charge in [0.15, 0.2) is 0 Å². The van der Waals surface area contributed by atoms with Crippen molar-refractivity contribution >= 4 is 23.2 Å². The zero-order valence-electron chi connectivity index (χ0n) is 12.5. The Morgan fingerprint density at radius 2 is 2.00 bits per heavy atom. The third kappa shape index (κ3) is 2.91. The van der Waals surface area contributed by atoms with E-state index in [1.54, 1.807) is 13.0 Å². The summed E-state index contributed by atoms with van der Waals surface area (Å²) >= 11 is 0. The topological polar surface area (TPSA) is 66.8 Å². The highest BCUT2D eigenvalue weighted by Gasteiger charge is 2.28. The molecular formula is C16H19NO4. The van der Waals surface area contributed by atoms with Crippen LogP contribution < -0.4 is 4.90 Å². The van der Waals surface area contributed by atoms with Crippen LogP contribution in [0.3, 0.4) is 0 Å². The van der Waals surface area contributed by atoms with Crippen LogP contribution in [-0.4, -0.2) is 37.6 Å². The number of hydrogen-bond donors (Lipinski definition) is 1. The van der Waals surface area contributed by atoms with Gasteiger partial charge in [0.05, 0.1) is 6.61 Å². The molecule has 1 N–H and O–H groups in total. The molecule has 5 nitrogen and oxygen atoms in total. The highest BCUT2D eigenvalue weighted by Crippen LogP contribution is 2.32. The fourth-order valence-corrected chi connectivity index (χ4v) is 2.38. The van der Waals surface area contributed by atoms with Crippen LogP contribution in [0.4, 0.5) is 5.69 Å². The Balaban J connectivity index is 2.37. The Hall–Kier alpha value is -2.30. The van der Waals surface area contributed by atoms with Gasteiger partial charge in [-0.15, -0.1) is 0 Å². The molecule has 0 amide bonds. The number of anilines is 1. The van der Waals surface area contributed by atoms with Crippen LogP contribution in [0.1, 0.15) is 24.5 Å². The maximum atomic E-state index is 12.0. The lowest BCUT2D eigenvalue weighted by Gasteiger charge is -2.21. The number of rotatable bonds is 4. The second-order valence-corrected chi connectivity index (χ2v) is 5.11. The standard InChI is InChI=1S/C16H19NO4/c1-4-21-16(20)15(19)13-7-5-10-9-11(17(2)3)6-8-12(10)14(13)18/h6,8-9,18H,4-5,7H2,1-3H3. The second kappa shape index (κ2) is 5.99. The van der Waals surface area contributed by atoms with Crippen molar-refractivity contribution in [3.05, 3.63) is 34.9 Å². The molecule has 0 spiro atoms. The van der Waals surface area contributed by atoms with E-state index < -0.39 is 11.8 Å². The molecular weight excluding hydrogens is 270 g/mol. The summed E-state index contributed by atoms with van der Waals surface area (Å²) < 4.78 is 4.70. The summed E-state index contributed by atoms with van der Waals surface area (Å²) in [5.41, 5.74) is 2.75. The molecule has 1 aliphatic rings. The molecule has 0 heterocycles. The van der Waals surface area contributed by atoms with E-state index in [-0.39, 0.29) is 17.9 Å². The molecule has 0 saturated heterocycles. The van der Waals surface area contributed by atoms with E-state index in [0.717, 1.165) is 11.3 Å². The lowest BCUT2D eigenvalue weighted by atomic mass is 9.88. The van der Waals surface area contributed by atoms with E-state index in [1.807, 2.05) is 31.1 Å². The highest BCUT2D eigenvalue weighted by atomic mass is 16.5. The van der Waals surface area contributed by atoms with Gasteiger partial charge < -0.3 is 14.7 Å². The number of Topliss-reactive ketones (excluding diaryl/α,β-unsaturated/α-hetero) is 1. The third-order valence-corrected chi connectivity index (χ3v) is 3.53. The molecule has 0 bridgehead atoms. The normalized spacial score (nSPS) is 13.7. The Morgan fingerprint density at radius 1 is 1.29 bits per heavy atom. The first-order valence-corrected chi connectivity index (χ1v) is 6.89.